The molecule has 0 rings (SSSR count). The van der Waals surface area contributed by atoms with Gasteiger partial charge >= 0.3 is 12.1 Å². The zero-order valence-electron chi connectivity index (χ0n) is 7.52. The Morgan fingerprint density at radius 3 is 2.20 bits per heavy atom. The van der Waals surface area contributed by atoms with E-state index in [0.717, 1.165) is 0 Å². The van der Waals surface area contributed by atoms with Gasteiger partial charge in [0.05, 0.1) is 6.07 Å². The summed E-state index contributed by atoms with van der Waals surface area (Å²) in [6, 6.07) is 1.56. The van der Waals surface area contributed by atoms with Crippen LogP contribution in [-0.4, -0.2) is 31.1 Å². The number of amides is 2. The SMILES string of the molecule is N#CCC(=O)NCCNC(=O)C(F)(F)F. The molecule has 0 aromatic heterocycles. The second-order valence-corrected chi connectivity index (χ2v) is 2.44. The highest BCUT2D eigenvalue weighted by Gasteiger charge is 2.38. The molecule has 0 aromatic carbocycles. The predicted octanol–water partition coefficient (Wildman–Crippen LogP) is -0.305. The molecule has 0 fully saturated rings. The molecule has 2 N–H and O–H groups in total. The van der Waals surface area contributed by atoms with Crippen LogP contribution in [0.25, 0.3) is 0 Å². The zero-order chi connectivity index (χ0) is 11.9. The van der Waals surface area contributed by atoms with Gasteiger partial charge in [-0.2, -0.15) is 18.4 Å². The van der Waals surface area contributed by atoms with Crippen molar-refractivity contribution in [3.63, 3.8) is 0 Å². The van der Waals surface area contributed by atoms with Gasteiger partial charge in [-0.1, -0.05) is 0 Å². The number of hydrogen-bond donors (Lipinski definition) is 2. The first-order chi connectivity index (χ1) is 6.88. The van der Waals surface area contributed by atoms with Gasteiger partial charge in [0.1, 0.15) is 6.42 Å². The van der Waals surface area contributed by atoms with Crippen molar-refractivity contribution in [2.75, 3.05) is 13.1 Å². The van der Waals surface area contributed by atoms with Crippen LogP contribution in [0.2, 0.25) is 0 Å². The molecule has 84 valence electrons. The molecule has 0 heterocycles. The van der Waals surface area contributed by atoms with E-state index in [-0.39, 0.29) is 19.5 Å². The van der Waals surface area contributed by atoms with Crippen molar-refractivity contribution in [2.24, 2.45) is 0 Å². The number of halogens is 3. The number of nitriles is 1. The number of hydrogen-bond acceptors (Lipinski definition) is 3. The summed E-state index contributed by atoms with van der Waals surface area (Å²) in [5, 5.41) is 11.8. The third kappa shape index (κ3) is 6.31. The molecule has 0 aliphatic rings. The Balaban J connectivity index is 3.61. The van der Waals surface area contributed by atoms with Crippen LogP contribution in [-0.2, 0) is 9.59 Å². The fourth-order valence-electron chi connectivity index (χ4n) is 0.612. The Labute approximate surface area is 83.2 Å². The van der Waals surface area contributed by atoms with Gasteiger partial charge in [0.2, 0.25) is 5.91 Å². The van der Waals surface area contributed by atoms with Gasteiger partial charge in [-0.25, -0.2) is 0 Å². The number of nitrogens with zero attached hydrogens (tertiary/aromatic N) is 1. The predicted molar refractivity (Wildman–Crippen MR) is 42.3 cm³/mol. The number of nitrogens with one attached hydrogen (secondary N) is 2. The Morgan fingerprint density at radius 1 is 1.20 bits per heavy atom. The standard InChI is InChI=1S/C7H8F3N3O2/c8-7(9,10)6(15)13-4-3-12-5(14)1-2-11/h1,3-4H2,(H,12,14)(H,13,15). The average Bonchev–Trinajstić information content (AvgIpc) is 2.11. The summed E-state index contributed by atoms with van der Waals surface area (Å²) in [4.78, 5) is 20.8. The van der Waals surface area contributed by atoms with Gasteiger partial charge in [0, 0.05) is 13.1 Å². The van der Waals surface area contributed by atoms with Crippen molar-refractivity contribution in [3.8, 4) is 6.07 Å². The summed E-state index contributed by atoms with van der Waals surface area (Å²) in [5.74, 6) is -2.66. The monoisotopic (exact) mass is 223 g/mol. The lowest BCUT2D eigenvalue weighted by Gasteiger charge is -2.07. The number of rotatable bonds is 4. The molecule has 8 heteroatoms. The molecule has 0 aliphatic carbocycles. The molecule has 0 aromatic rings. The largest absolute Gasteiger partial charge is 0.471 e. The third-order valence-corrected chi connectivity index (χ3v) is 1.23. The van der Waals surface area contributed by atoms with Gasteiger partial charge in [-0.3, -0.25) is 9.59 Å². The highest BCUT2D eigenvalue weighted by molar-refractivity contribution is 5.81. The van der Waals surface area contributed by atoms with Crippen molar-refractivity contribution in [3.05, 3.63) is 0 Å². The summed E-state index contributed by atoms with van der Waals surface area (Å²) >= 11 is 0. The highest BCUT2D eigenvalue weighted by atomic mass is 19.4. The second kappa shape index (κ2) is 5.85. The minimum atomic E-state index is -4.92. The first-order valence-electron chi connectivity index (χ1n) is 3.86. The number of alkyl halides is 3. The summed E-state index contributed by atoms with van der Waals surface area (Å²) in [6.45, 7) is -0.488. The van der Waals surface area contributed by atoms with Crippen LogP contribution in [0.4, 0.5) is 13.2 Å². The van der Waals surface area contributed by atoms with E-state index >= 15 is 0 Å². The molecule has 0 saturated heterocycles. The van der Waals surface area contributed by atoms with E-state index in [1.54, 1.807) is 11.4 Å². The van der Waals surface area contributed by atoms with E-state index in [2.05, 4.69) is 5.32 Å². The lowest BCUT2D eigenvalue weighted by Crippen LogP contribution is -2.41. The van der Waals surface area contributed by atoms with Crippen LogP contribution < -0.4 is 10.6 Å². The summed E-state index contributed by atoms with van der Waals surface area (Å²) in [6.07, 6.45) is -5.29. The molecule has 0 unspecified atom stereocenters. The van der Waals surface area contributed by atoms with E-state index in [4.69, 9.17) is 5.26 Å². The molecule has 15 heavy (non-hydrogen) atoms. The normalized spacial score (nSPS) is 10.3. The molecule has 5 nitrogen and oxygen atoms in total. The van der Waals surface area contributed by atoms with Crippen molar-refractivity contribution >= 4 is 11.8 Å². The lowest BCUT2D eigenvalue weighted by atomic mass is 10.4. The zero-order valence-corrected chi connectivity index (χ0v) is 7.52. The smallest absolute Gasteiger partial charge is 0.353 e. The van der Waals surface area contributed by atoms with Crippen molar-refractivity contribution in [1.82, 2.24) is 10.6 Å². The van der Waals surface area contributed by atoms with Crippen LogP contribution in [0.3, 0.4) is 0 Å². The molecule has 0 bridgehead atoms. The molecule has 0 aliphatic heterocycles. The first kappa shape index (κ1) is 13.2. The lowest BCUT2D eigenvalue weighted by molar-refractivity contribution is -0.173. The Bertz CT molecular complexity index is 282. The average molecular weight is 223 g/mol. The Morgan fingerprint density at radius 2 is 1.73 bits per heavy atom. The van der Waals surface area contributed by atoms with E-state index in [0.29, 0.717) is 0 Å². The van der Waals surface area contributed by atoms with Crippen LogP contribution in [0.15, 0.2) is 0 Å². The summed E-state index contributed by atoms with van der Waals surface area (Å²) < 4.78 is 34.8. The molecule has 2 amide bonds. The van der Waals surface area contributed by atoms with Gasteiger partial charge in [0.15, 0.2) is 0 Å². The van der Waals surface area contributed by atoms with Crippen LogP contribution in [0, 0.1) is 11.3 Å². The van der Waals surface area contributed by atoms with Crippen LogP contribution in [0.5, 0.6) is 0 Å². The molecule has 0 spiro atoms. The second-order valence-electron chi connectivity index (χ2n) is 2.44. The summed E-state index contributed by atoms with van der Waals surface area (Å²) in [7, 11) is 0. The topological polar surface area (TPSA) is 82.0 Å². The minimum Gasteiger partial charge on any atom is -0.353 e. The number of carbonyl (C=O) groups excluding carboxylic acids is 2. The minimum absolute atomic E-state index is 0.150. The molecule has 0 saturated carbocycles. The summed E-state index contributed by atoms with van der Waals surface area (Å²) in [5.41, 5.74) is 0. The quantitative estimate of drug-likeness (QED) is 0.641. The molecule has 0 radical (unpaired) electrons. The van der Waals surface area contributed by atoms with Crippen LogP contribution >= 0.6 is 0 Å². The molecular weight excluding hydrogens is 215 g/mol. The van der Waals surface area contributed by atoms with E-state index < -0.39 is 18.0 Å². The van der Waals surface area contributed by atoms with Gasteiger partial charge in [-0.15, -0.1) is 0 Å². The van der Waals surface area contributed by atoms with Crippen molar-refractivity contribution in [2.45, 2.75) is 12.6 Å². The maximum absolute atomic E-state index is 11.6. The maximum Gasteiger partial charge on any atom is 0.471 e. The van der Waals surface area contributed by atoms with E-state index in [9.17, 15) is 22.8 Å². The van der Waals surface area contributed by atoms with Crippen molar-refractivity contribution < 1.29 is 22.8 Å². The first-order valence-corrected chi connectivity index (χ1v) is 3.86. The molecule has 0 atom stereocenters. The van der Waals surface area contributed by atoms with E-state index in [1.807, 2.05) is 0 Å². The highest BCUT2D eigenvalue weighted by Crippen LogP contribution is 2.13. The fourth-order valence-corrected chi connectivity index (χ4v) is 0.612. The fraction of sp³-hybridized carbons (Fsp3) is 0.571. The van der Waals surface area contributed by atoms with Crippen LogP contribution in [0.1, 0.15) is 6.42 Å². The van der Waals surface area contributed by atoms with Gasteiger partial charge in [0.25, 0.3) is 0 Å². The number of carbonyl (C=O) groups is 2. The molecular formula is C7H8F3N3O2. The Kier molecular flexibility index (Phi) is 5.15. The van der Waals surface area contributed by atoms with E-state index in [1.165, 1.54) is 0 Å². The van der Waals surface area contributed by atoms with Gasteiger partial charge in [-0.05, 0) is 0 Å². The Hall–Kier alpha value is -1.78. The van der Waals surface area contributed by atoms with Crippen molar-refractivity contribution in [1.29, 1.82) is 5.26 Å². The van der Waals surface area contributed by atoms with Gasteiger partial charge < -0.3 is 10.6 Å². The third-order valence-electron chi connectivity index (χ3n) is 1.23. The maximum atomic E-state index is 11.6.